The summed E-state index contributed by atoms with van der Waals surface area (Å²) in [6.07, 6.45) is 5.17. The largest absolute Gasteiger partial charge is 0.385 e. The van der Waals surface area contributed by atoms with E-state index in [1.807, 2.05) is 0 Å². The van der Waals surface area contributed by atoms with Gasteiger partial charge in [-0.25, -0.2) is 0 Å². The topological polar surface area (TPSA) is 18.5 Å². The average molecular weight is 273 g/mol. The molecule has 0 bridgehead atoms. The molecule has 3 nitrogen and oxygen atoms in total. The minimum Gasteiger partial charge on any atom is -0.385 e. The molecule has 1 unspecified atom stereocenters. The van der Waals surface area contributed by atoms with Crippen molar-refractivity contribution in [3.63, 3.8) is 0 Å². The molecule has 0 radical (unpaired) electrons. The highest BCUT2D eigenvalue weighted by atomic mass is 15.2. The first-order chi connectivity index (χ1) is 9.74. The minimum absolute atomic E-state index is 0.709. The molecule has 1 atom stereocenters. The van der Waals surface area contributed by atoms with Crippen LogP contribution in [0.5, 0.6) is 0 Å². The third kappa shape index (κ3) is 2.99. The zero-order valence-electron chi connectivity index (χ0n) is 12.9. The maximum Gasteiger partial charge on any atom is 0.0375 e. The predicted octanol–water partition coefficient (Wildman–Crippen LogP) is 2.57. The van der Waals surface area contributed by atoms with Crippen LogP contribution in [0.4, 0.5) is 5.69 Å². The van der Waals surface area contributed by atoms with Crippen LogP contribution in [0.3, 0.4) is 0 Å². The number of benzene rings is 1. The van der Waals surface area contributed by atoms with Crippen molar-refractivity contribution < 1.29 is 0 Å². The fraction of sp³-hybridized carbons (Fsp3) is 0.647. The Kier molecular flexibility index (Phi) is 4.27. The van der Waals surface area contributed by atoms with Crippen LogP contribution in [0.15, 0.2) is 18.2 Å². The molecule has 2 aliphatic heterocycles. The molecule has 2 heterocycles. The lowest BCUT2D eigenvalue weighted by Crippen LogP contribution is -2.44. The van der Waals surface area contributed by atoms with Gasteiger partial charge in [-0.2, -0.15) is 0 Å². The molecule has 1 aromatic carbocycles. The highest BCUT2D eigenvalue weighted by molar-refractivity contribution is 5.56. The van der Waals surface area contributed by atoms with E-state index in [1.54, 1.807) is 5.56 Å². The Morgan fingerprint density at radius 1 is 1.35 bits per heavy atom. The van der Waals surface area contributed by atoms with Crippen molar-refractivity contribution in [3.05, 3.63) is 29.3 Å². The molecule has 1 fully saturated rings. The van der Waals surface area contributed by atoms with Crippen molar-refractivity contribution >= 4 is 5.69 Å². The quantitative estimate of drug-likeness (QED) is 0.913. The number of likely N-dealkylation sites (tertiary alicyclic amines) is 1. The van der Waals surface area contributed by atoms with Gasteiger partial charge in [0.2, 0.25) is 0 Å². The number of nitrogens with one attached hydrogen (secondary N) is 1. The van der Waals surface area contributed by atoms with E-state index in [4.69, 9.17) is 0 Å². The lowest BCUT2D eigenvalue weighted by Gasteiger charge is -2.36. The summed E-state index contributed by atoms with van der Waals surface area (Å²) in [6.45, 7) is 4.68. The molecule has 2 aliphatic rings. The Morgan fingerprint density at radius 3 is 3.10 bits per heavy atom. The van der Waals surface area contributed by atoms with Crippen LogP contribution in [-0.2, 0) is 13.0 Å². The number of nitrogens with zero attached hydrogens (tertiary/aromatic N) is 2. The first-order valence-electron chi connectivity index (χ1n) is 7.97. The molecule has 1 aromatic rings. The summed E-state index contributed by atoms with van der Waals surface area (Å²) < 4.78 is 0. The number of piperidine rings is 1. The van der Waals surface area contributed by atoms with Crippen LogP contribution in [0.25, 0.3) is 0 Å². The number of fused-ring (bicyclic) bond motifs is 1. The van der Waals surface area contributed by atoms with Gasteiger partial charge in [-0.1, -0.05) is 12.1 Å². The number of rotatable bonds is 3. The Labute approximate surface area is 123 Å². The van der Waals surface area contributed by atoms with E-state index in [-0.39, 0.29) is 0 Å². The van der Waals surface area contributed by atoms with Crippen molar-refractivity contribution in [2.45, 2.75) is 38.3 Å². The normalized spacial score (nSPS) is 23.4. The fourth-order valence-corrected chi connectivity index (χ4v) is 3.63. The van der Waals surface area contributed by atoms with Crippen LogP contribution in [0.1, 0.15) is 30.4 Å². The summed E-state index contributed by atoms with van der Waals surface area (Å²) in [5, 5.41) is 3.54. The highest BCUT2D eigenvalue weighted by Gasteiger charge is 2.22. The third-order valence-electron chi connectivity index (χ3n) is 4.83. The molecule has 0 aromatic heterocycles. The van der Waals surface area contributed by atoms with Crippen molar-refractivity contribution in [1.82, 2.24) is 9.80 Å². The van der Waals surface area contributed by atoms with Gasteiger partial charge in [0.15, 0.2) is 0 Å². The van der Waals surface area contributed by atoms with Gasteiger partial charge in [0.1, 0.15) is 0 Å². The summed E-state index contributed by atoms with van der Waals surface area (Å²) in [7, 11) is 4.54. The second kappa shape index (κ2) is 6.15. The van der Waals surface area contributed by atoms with Gasteiger partial charge >= 0.3 is 0 Å². The van der Waals surface area contributed by atoms with Crippen LogP contribution >= 0.6 is 0 Å². The van der Waals surface area contributed by atoms with E-state index in [2.05, 4.69) is 47.4 Å². The number of hydrogen-bond acceptors (Lipinski definition) is 3. The minimum atomic E-state index is 0.709. The molecule has 3 rings (SSSR count). The van der Waals surface area contributed by atoms with Gasteiger partial charge in [0.25, 0.3) is 0 Å². The molecular formula is C17H27N3. The maximum atomic E-state index is 3.54. The third-order valence-corrected chi connectivity index (χ3v) is 4.83. The summed E-state index contributed by atoms with van der Waals surface area (Å²) in [6, 6.07) is 7.45. The summed E-state index contributed by atoms with van der Waals surface area (Å²) in [4.78, 5) is 5.02. The maximum absolute atomic E-state index is 3.54. The van der Waals surface area contributed by atoms with Gasteiger partial charge in [-0.05, 0) is 63.5 Å². The molecule has 1 N–H and O–H groups in total. The first-order valence-corrected chi connectivity index (χ1v) is 7.97. The Morgan fingerprint density at radius 2 is 2.25 bits per heavy atom. The predicted molar refractivity (Wildman–Crippen MR) is 85.2 cm³/mol. The van der Waals surface area contributed by atoms with Crippen LogP contribution in [0, 0.1) is 0 Å². The van der Waals surface area contributed by atoms with E-state index in [0.717, 1.165) is 13.1 Å². The van der Waals surface area contributed by atoms with E-state index in [0.29, 0.717) is 6.04 Å². The molecule has 110 valence electrons. The van der Waals surface area contributed by atoms with Gasteiger partial charge < -0.3 is 10.2 Å². The fourth-order valence-electron chi connectivity index (χ4n) is 3.63. The Hall–Kier alpha value is -1.06. The average Bonchev–Trinajstić information content (AvgIpc) is 2.47. The Bertz CT molecular complexity index is 458. The second-order valence-electron chi connectivity index (χ2n) is 6.45. The van der Waals surface area contributed by atoms with Gasteiger partial charge in [-0.3, -0.25) is 4.90 Å². The van der Waals surface area contributed by atoms with Gasteiger partial charge in [-0.15, -0.1) is 0 Å². The summed E-state index contributed by atoms with van der Waals surface area (Å²) >= 11 is 0. The van der Waals surface area contributed by atoms with E-state index in [9.17, 15) is 0 Å². The molecule has 0 spiro atoms. The van der Waals surface area contributed by atoms with E-state index < -0.39 is 0 Å². The number of anilines is 1. The smallest absolute Gasteiger partial charge is 0.0375 e. The van der Waals surface area contributed by atoms with Crippen molar-refractivity contribution in [2.24, 2.45) is 0 Å². The summed E-state index contributed by atoms with van der Waals surface area (Å²) in [5.41, 5.74) is 4.43. The zero-order valence-corrected chi connectivity index (χ0v) is 12.9. The van der Waals surface area contributed by atoms with Crippen LogP contribution in [0.2, 0.25) is 0 Å². The molecule has 1 saturated heterocycles. The first kappa shape index (κ1) is 13.9. The molecule has 20 heavy (non-hydrogen) atoms. The van der Waals surface area contributed by atoms with E-state index in [1.165, 1.54) is 50.0 Å². The molecule has 0 amide bonds. The second-order valence-corrected chi connectivity index (χ2v) is 6.45. The molecular weight excluding hydrogens is 246 g/mol. The number of likely N-dealkylation sites (N-methyl/N-ethyl adjacent to an activating group) is 2. The van der Waals surface area contributed by atoms with Gasteiger partial charge in [0, 0.05) is 31.4 Å². The highest BCUT2D eigenvalue weighted by Crippen LogP contribution is 2.27. The van der Waals surface area contributed by atoms with Gasteiger partial charge in [0.05, 0.1) is 0 Å². The zero-order chi connectivity index (χ0) is 13.9. The van der Waals surface area contributed by atoms with Crippen molar-refractivity contribution in [1.29, 1.82) is 0 Å². The SMILES string of the molecule is CN1CCCC(N(C)Cc2cccc3c2CCCN3)C1. The summed E-state index contributed by atoms with van der Waals surface area (Å²) in [5.74, 6) is 0. The lowest BCUT2D eigenvalue weighted by atomic mass is 9.96. The molecule has 0 saturated carbocycles. The lowest BCUT2D eigenvalue weighted by molar-refractivity contribution is 0.129. The van der Waals surface area contributed by atoms with Crippen molar-refractivity contribution in [3.8, 4) is 0 Å². The Balaban J connectivity index is 1.71. The number of hydrogen-bond donors (Lipinski definition) is 1. The van der Waals surface area contributed by atoms with Crippen LogP contribution in [-0.4, -0.2) is 49.6 Å². The van der Waals surface area contributed by atoms with Crippen molar-refractivity contribution in [2.75, 3.05) is 39.0 Å². The molecule has 0 aliphatic carbocycles. The van der Waals surface area contributed by atoms with E-state index >= 15 is 0 Å². The molecule has 3 heteroatoms. The monoisotopic (exact) mass is 273 g/mol. The standard InChI is InChI=1S/C17H27N3/c1-19-11-5-7-15(13-19)20(2)12-14-6-3-9-17-16(14)8-4-10-18-17/h3,6,9,15,18H,4-5,7-8,10-13H2,1-2H3. The van der Waals surface area contributed by atoms with Crippen LogP contribution < -0.4 is 5.32 Å².